The van der Waals surface area contributed by atoms with Gasteiger partial charge in [-0.1, -0.05) is 48.5 Å². The third-order valence-corrected chi connectivity index (χ3v) is 10.3. The Kier molecular flexibility index (Phi) is 8.12. The molecule has 230 valence electrons. The Morgan fingerprint density at radius 3 is 2.50 bits per heavy atom. The van der Waals surface area contributed by atoms with E-state index in [4.69, 9.17) is 10.1 Å². The van der Waals surface area contributed by atoms with Gasteiger partial charge in [0.25, 0.3) is 0 Å². The normalized spacial score (nSPS) is 21.8. The molecule has 0 spiro atoms. The first kappa shape index (κ1) is 29.0. The predicted molar refractivity (Wildman–Crippen MR) is 175 cm³/mol. The molecule has 1 amide bonds. The van der Waals surface area contributed by atoms with Crippen molar-refractivity contribution in [1.82, 2.24) is 24.8 Å². The average molecular weight is 593 g/mol. The number of aliphatic hydroxyl groups is 1. The molecule has 44 heavy (non-hydrogen) atoms. The highest BCUT2D eigenvalue weighted by Crippen LogP contribution is 2.55. The highest BCUT2D eigenvalue weighted by Gasteiger charge is 2.45. The zero-order chi connectivity index (χ0) is 30.1. The summed E-state index contributed by atoms with van der Waals surface area (Å²) in [7, 11) is 0. The number of hydrogen-bond acceptors (Lipinski definition) is 6. The van der Waals surface area contributed by atoms with Crippen molar-refractivity contribution < 1.29 is 9.90 Å². The van der Waals surface area contributed by atoms with Gasteiger partial charge in [-0.2, -0.15) is 9.61 Å². The van der Waals surface area contributed by atoms with E-state index in [0.29, 0.717) is 19.5 Å². The molecule has 7 rings (SSSR count). The van der Waals surface area contributed by atoms with Gasteiger partial charge in [0, 0.05) is 62.9 Å². The number of benzene rings is 2. The molecular weight excluding hydrogens is 548 g/mol. The van der Waals surface area contributed by atoms with Crippen LogP contribution in [-0.4, -0.2) is 76.4 Å². The van der Waals surface area contributed by atoms with Crippen molar-refractivity contribution in [3.63, 3.8) is 0 Å². The van der Waals surface area contributed by atoms with Crippen LogP contribution in [0.3, 0.4) is 0 Å². The Morgan fingerprint density at radius 2 is 1.77 bits per heavy atom. The molecule has 8 nitrogen and oxygen atoms in total. The van der Waals surface area contributed by atoms with Gasteiger partial charge in [0.05, 0.1) is 18.0 Å². The lowest BCUT2D eigenvalue weighted by atomic mass is 9.81. The number of carbonyl (C=O) groups excluding carboxylic acids is 1. The monoisotopic (exact) mass is 592 g/mol. The van der Waals surface area contributed by atoms with Crippen LogP contribution in [0.25, 0.3) is 28.0 Å². The van der Waals surface area contributed by atoms with E-state index in [2.05, 4.69) is 76.6 Å². The van der Waals surface area contributed by atoms with Crippen LogP contribution in [0.5, 0.6) is 0 Å². The van der Waals surface area contributed by atoms with E-state index in [1.807, 2.05) is 10.6 Å². The summed E-state index contributed by atoms with van der Waals surface area (Å²) in [6.45, 7) is 7.12. The zero-order valence-electron chi connectivity index (χ0n) is 25.8. The topological polar surface area (TPSA) is 86.0 Å². The third kappa shape index (κ3) is 5.85. The van der Waals surface area contributed by atoms with E-state index in [1.165, 1.54) is 37.7 Å². The minimum absolute atomic E-state index is 0.184. The van der Waals surface area contributed by atoms with Gasteiger partial charge in [0.15, 0.2) is 5.65 Å². The number of aryl methyl sites for hydroxylation is 1. The Bertz CT molecular complexity index is 1620. The third-order valence-electron chi connectivity index (χ3n) is 10.3. The number of aromatic nitrogens is 3. The SMILES string of the molecule is Cc1nn2c(N3CCN(CCO)CC3)cc(-c3cccc(CCNC(=O)CC45CCC(CC4)C5)c3)nc2c1-c1ccccc1. The average Bonchev–Trinajstić information content (AvgIpc) is 3.74. The van der Waals surface area contributed by atoms with Gasteiger partial charge in [-0.3, -0.25) is 9.69 Å². The zero-order valence-corrected chi connectivity index (χ0v) is 25.8. The minimum atomic E-state index is 0.184. The molecule has 1 saturated heterocycles. The Labute approximate surface area is 260 Å². The lowest BCUT2D eigenvalue weighted by Gasteiger charge is -2.35. The van der Waals surface area contributed by atoms with Crippen molar-refractivity contribution in [3.05, 3.63) is 71.9 Å². The van der Waals surface area contributed by atoms with Crippen LogP contribution in [0.2, 0.25) is 0 Å². The minimum Gasteiger partial charge on any atom is -0.395 e. The van der Waals surface area contributed by atoms with E-state index in [1.54, 1.807) is 0 Å². The molecule has 3 aliphatic rings. The summed E-state index contributed by atoms with van der Waals surface area (Å²) in [4.78, 5) is 22.8. The van der Waals surface area contributed by atoms with Crippen molar-refractivity contribution >= 4 is 17.4 Å². The maximum Gasteiger partial charge on any atom is 0.220 e. The number of rotatable bonds is 10. The van der Waals surface area contributed by atoms with Crippen LogP contribution in [0, 0.1) is 18.3 Å². The summed E-state index contributed by atoms with van der Waals surface area (Å²) < 4.78 is 2.01. The Balaban J connectivity index is 1.15. The standard InChI is InChI=1S/C36H44N6O2/c1-26-34(29-7-3-2-4-8-29)35-38-31(23-33(42(35)39-26)41-18-16-40(17-19-41)20-21-43)30-9-5-6-27(22-30)12-15-37-32(44)25-36-13-10-28(24-36)11-14-36/h2-9,22-23,28,43H,10-21,24-25H2,1H3,(H,37,44). The molecule has 0 unspecified atom stereocenters. The highest BCUT2D eigenvalue weighted by atomic mass is 16.3. The molecule has 1 aliphatic heterocycles. The van der Waals surface area contributed by atoms with Gasteiger partial charge in [-0.15, -0.1) is 0 Å². The molecule has 2 N–H and O–H groups in total. The smallest absolute Gasteiger partial charge is 0.220 e. The van der Waals surface area contributed by atoms with Gasteiger partial charge >= 0.3 is 0 Å². The molecule has 2 aliphatic carbocycles. The number of piperazine rings is 1. The van der Waals surface area contributed by atoms with E-state index in [0.717, 1.165) is 78.1 Å². The first-order valence-electron chi connectivity index (χ1n) is 16.4. The Morgan fingerprint density at radius 1 is 1.00 bits per heavy atom. The Hall–Kier alpha value is -3.75. The fraction of sp³-hybridized carbons (Fsp3) is 0.472. The van der Waals surface area contributed by atoms with E-state index < -0.39 is 0 Å². The summed E-state index contributed by atoms with van der Waals surface area (Å²) in [6, 6.07) is 21.2. The second kappa shape index (κ2) is 12.3. The maximum absolute atomic E-state index is 12.8. The fourth-order valence-electron chi connectivity index (χ4n) is 7.96. The summed E-state index contributed by atoms with van der Waals surface area (Å²) in [6.07, 6.45) is 7.82. The summed E-state index contributed by atoms with van der Waals surface area (Å²) in [5, 5.41) is 17.6. The number of aliphatic hydroxyl groups excluding tert-OH is 1. The molecule has 3 heterocycles. The number of fused-ring (bicyclic) bond motifs is 3. The quantitative estimate of drug-likeness (QED) is 0.266. The van der Waals surface area contributed by atoms with Crippen LogP contribution in [0.15, 0.2) is 60.7 Å². The molecule has 8 heteroatoms. The van der Waals surface area contributed by atoms with Crippen LogP contribution < -0.4 is 10.2 Å². The van der Waals surface area contributed by atoms with E-state index >= 15 is 0 Å². The number of anilines is 1. The first-order chi connectivity index (χ1) is 21.5. The van der Waals surface area contributed by atoms with Gasteiger partial charge < -0.3 is 15.3 Å². The number of nitrogens with one attached hydrogen (secondary N) is 1. The van der Waals surface area contributed by atoms with E-state index in [-0.39, 0.29) is 17.9 Å². The first-order valence-corrected chi connectivity index (χ1v) is 16.4. The summed E-state index contributed by atoms with van der Waals surface area (Å²) in [5.41, 5.74) is 7.44. The molecule has 0 radical (unpaired) electrons. The van der Waals surface area contributed by atoms with Crippen LogP contribution in [0.4, 0.5) is 5.82 Å². The molecule has 2 saturated carbocycles. The predicted octanol–water partition coefficient (Wildman–Crippen LogP) is 5.12. The summed E-state index contributed by atoms with van der Waals surface area (Å²) in [5.74, 6) is 2.12. The number of nitrogens with zero attached hydrogens (tertiary/aromatic N) is 5. The second-order valence-electron chi connectivity index (χ2n) is 13.2. The van der Waals surface area contributed by atoms with Gasteiger partial charge in [0.2, 0.25) is 5.91 Å². The number of β-amino-alcohol motifs (C(OH)–C–C–N with tert-alkyl or cyclic N) is 1. The summed E-state index contributed by atoms with van der Waals surface area (Å²) >= 11 is 0. The van der Waals surface area contributed by atoms with Crippen LogP contribution >= 0.6 is 0 Å². The molecule has 3 fully saturated rings. The van der Waals surface area contributed by atoms with Crippen molar-refractivity contribution in [3.8, 4) is 22.4 Å². The maximum atomic E-state index is 12.8. The van der Waals surface area contributed by atoms with Crippen molar-refractivity contribution in [2.45, 2.75) is 51.9 Å². The van der Waals surface area contributed by atoms with E-state index in [9.17, 15) is 9.90 Å². The molecular formula is C36H44N6O2. The lowest BCUT2D eigenvalue weighted by molar-refractivity contribution is -0.123. The molecule has 2 aromatic heterocycles. The number of hydrogen-bond donors (Lipinski definition) is 2. The lowest BCUT2D eigenvalue weighted by Crippen LogP contribution is -2.47. The molecule has 4 aromatic rings. The van der Waals surface area contributed by atoms with Gasteiger partial charge in [-0.25, -0.2) is 4.98 Å². The molecule has 0 atom stereocenters. The van der Waals surface area contributed by atoms with Crippen molar-refractivity contribution in [2.24, 2.45) is 11.3 Å². The highest BCUT2D eigenvalue weighted by molar-refractivity contribution is 5.83. The molecule has 2 bridgehead atoms. The second-order valence-corrected chi connectivity index (χ2v) is 13.2. The van der Waals surface area contributed by atoms with Gasteiger partial charge in [-0.05, 0) is 74.0 Å². The van der Waals surface area contributed by atoms with Crippen LogP contribution in [0.1, 0.15) is 49.8 Å². The number of amides is 1. The largest absolute Gasteiger partial charge is 0.395 e. The van der Waals surface area contributed by atoms with Crippen molar-refractivity contribution in [2.75, 3.05) is 50.8 Å². The van der Waals surface area contributed by atoms with Crippen molar-refractivity contribution in [1.29, 1.82) is 0 Å². The van der Waals surface area contributed by atoms with Gasteiger partial charge in [0.1, 0.15) is 5.82 Å². The fourth-order valence-corrected chi connectivity index (χ4v) is 7.96. The van der Waals surface area contributed by atoms with Crippen LogP contribution in [-0.2, 0) is 11.2 Å². The molecule has 2 aromatic carbocycles. The number of carbonyl (C=O) groups is 1.